The van der Waals surface area contributed by atoms with Crippen molar-refractivity contribution in [3.05, 3.63) is 85.1 Å². The fourth-order valence-corrected chi connectivity index (χ4v) is 5.10. The molecule has 0 radical (unpaired) electrons. The molecule has 8 heteroatoms. The third kappa shape index (κ3) is 3.43. The van der Waals surface area contributed by atoms with E-state index in [0.29, 0.717) is 21.7 Å². The lowest BCUT2D eigenvalue weighted by molar-refractivity contribution is 0.0971. The van der Waals surface area contributed by atoms with E-state index in [-0.39, 0.29) is 23.2 Å². The number of ether oxygens (including phenoxy) is 1. The number of nitrogens with zero attached hydrogens (tertiary/aromatic N) is 2. The van der Waals surface area contributed by atoms with Gasteiger partial charge >= 0.3 is 0 Å². The second-order valence-corrected chi connectivity index (χ2v) is 9.65. The number of anilines is 1. The number of hydrogen-bond donors (Lipinski definition) is 0. The quantitative estimate of drug-likeness (QED) is 0.343. The highest BCUT2D eigenvalue weighted by Gasteiger charge is 2.44. The van der Waals surface area contributed by atoms with E-state index in [1.807, 2.05) is 50.4 Å². The van der Waals surface area contributed by atoms with Crippen LogP contribution in [0.2, 0.25) is 0 Å². The van der Waals surface area contributed by atoms with E-state index in [0.717, 1.165) is 21.5 Å². The number of rotatable bonds is 4. The molecule has 1 atom stereocenters. The van der Waals surface area contributed by atoms with Crippen molar-refractivity contribution in [1.82, 2.24) is 4.98 Å². The zero-order chi connectivity index (χ0) is 22.6. The molecule has 0 saturated carbocycles. The summed E-state index contributed by atoms with van der Waals surface area (Å²) >= 11 is 4.78. The van der Waals surface area contributed by atoms with Crippen LogP contribution in [-0.2, 0) is 0 Å². The van der Waals surface area contributed by atoms with E-state index in [2.05, 4.69) is 20.9 Å². The van der Waals surface area contributed by atoms with Crippen molar-refractivity contribution in [3.8, 4) is 5.75 Å². The third-order valence-electron chi connectivity index (χ3n) is 5.21. The molecule has 32 heavy (non-hydrogen) atoms. The van der Waals surface area contributed by atoms with Gasteiger partial charge in [0.25, 0.3) is 5.91 Å². The fourth-order valence-electron chi connectivity index (χ4n) is 3.91. The summed E-state index contributed by atoms with van der Waals surface area (Å²) in [6.07, 6.45) is 0.0429. The van der Waals surface area contributed by atoms with E-state index in [9.17, 15) is 9.59 Å². The first kappa shape index (κ1) is 20.9. The Balaban J connectivity index is 1.73. The van der Waals surface area contributed by atoms with Crippen molar-refractivity contribution in [3.63, 3.8) is 0 Å². The Morgan fingerprint density at radius 1 is 1.16 bits per heavy atom. The monoisotopic (exact) mass is 510 g/mol. The van der Waals surface area contributed by atoms with Crippen LogP contribution in [0.15, 0.2) is 61.5 Å². The summed E-state index contributed by atoms with van der Waals surface area (Å²) < 4.78 is 12.5. The van der Waals surface area contributed by atoms with Crippen molar-refractivity contribution in [2.75, 3.05) is 4.90 Å². The maximum Gasteiger partial charge on any atom is 0.297 e. The predicted octanol–water partition coefficient (Wildman–Crippen LogP) is 5.86. The van der Waals surface area contributed by atoms with Gasteiger partial charge in [-0.1, -0.05) is 28.1 Å². The molecule has 1 aliphatic heterocycles. The molecule has 6 nitrogen and oxygen atoms in total. The van der Waals surface area contributed by atoms with Gasteiger partial charge in [-0.25, -0.2) is 4.98 Å². The molecular formula is C24H19BrN2O4S. The number of fused-ring (bicyclic) bond motifs is 2. The van der Waals surface area contributed by atoms with Crippen LogP contribution in [0.25, 0.3) is 11.0 Å². The number of hydrogen-bond acceptors (Lipinski definition) is 6. The topological polar surface area (TPSA) is 72.6 Å². The lowest BCUT2D eigenvalue weighted by atomic mass is 9.98. The van der Waals surface area contributed by atoms with Gasteiger partial charge in [0.15, 0.2) is 10.6 Å². The smallest absolute Gasteiger partial charge is 0.297 e. The van der Waals surface area contributed by atoms with Crippen molar-refractivity contribution < 1.29 is 13.9 Å². The van der Waals surface area contributed by atoms with Gasteiger partial charge in [0.1, 0.15) is 11.3 Å². The molecular weight excluding hydrogens is 492 g/mol. The Kier molecular flexibility index (Phi) is 5.14. The zero-order valence-corrected chi connectivity index (χ0v) is 20.0. The van der Waals surface area contributed by atoms with Gasteiger partial charge in [-0.05, 0) is 56.7 Å². The number of aromatic nitrogens is 1. The maximum absolute atomic E-state index is 13.6. The Morgan fingerprint density at radius 2 is 1.91 bits per heavy atom. The standard InChI is InChI=1S/C24H19BrN2O4S/c1-12(2)30-16-7-4-14(5-8-16)20-19-21(28)17-10-15(25)6-9-18(17)31-22(19)23(29)27(20)24-26-13(3)11-32-24/h4-12,20H,1-3H3. The van der Waals surface area contributed by atoms with Gasteiger partial charge in [0, 0.05) is 9.85 Å². The summed E-state index contributed by atoms with van der Waals surface area (Å²) in [5, 5.41) is 2.83. The Hall–Kier alpha value is -2.97. The minimum atomic E-state index is -0.643. The zero-order valence-electron chi connectivity index (χ0n) is 17.6. The Labute approximate surface area is 196 Å². The van der Waals surface area contributed by atoms with Crippen LogP contribution in [0, 0.1) is 6.92 Å². The molecule has 0 fully saturated rings. The van der Waals surface area contributed by atoms with E-state index < -0.39 is 6.04 Å². The molecule has 2 aromatic heterocycles. The highest BCUT2D eigenvalue weighted by Crippen LogP contribution is 2.42. The highest BCUT2D eigenvalue weighted by atomic mass is 79.9. The molecule has 1 aliphatic rings. The van der Waals surface area contributed by atoms with Crippen LogP contribution in [-0.4, -0.2) is 17.0 Å². The lowest BCUT2D eigenvalue weighted by Gasteiger charge is -2.23. The highest BCUT2D eigenvalue weighted by molar-refractivity contribution is 9.10. The molecule has 2 aromatic carbocycles. The van der Waals surface area contributed by atoms with Gasteiger partial charge in [-0.3, -0.25) is 14.5 Å². The third-order valence-corrected chi connectivity index (χ3v) is 6.66. The minimum absolute atomic E-state index is 0.0429. The van der Waals surface area contributed by atoms with Gasteiger partial charge in [0.2, 0.25) is 5.76 Å². The summed E-state index contributed by atoms with van der Waals surface area (Å²) in [6, 6.07) is 12.0. The number of thiazole rings is 1. The number of amides is 1. The van der Waals surface area contributed by atoms with Crippen LogP contribution < -0.4 is 15.1 Å². The SMILES string of the molecule is Cc1csc(N2C(=O)c3oc4ccc(Br)cc4c(=O)c3C2c2ccc(OC(C)C)cc2)n1. The molecule has 4 aromatic rings. The van der Waals surface area contributed by atoms with Crippen LogP contribution in [0.4, 0.5) is 5.13 Å². The first-order valence-corrected chi connectivity index (χ1v) is 11.8. The summed E-state index contributed by atoms with van der Waals surface area (Å²) in [6.45, 7) is 5.79. The van der Waals surface area contributed by atoms with Gasteiger partial charge in [-0.2, -0.15) is 0 Å². The summed E-state index contributed by atoms with van der Waals surface area (Å²) in [7, 11) is 0. The number of halogens is 1. The lowest BCUT2D eigenvalue weighted by Crippen LogP contribution is -2.29. The van der Waals surface area contributed by atoms with Gasteiger partial charge in [0.05, 0.1) is 28.8 Å². The average molecular weight is 511 g/mol. The summed E-state index contributed by atoms with van der Waals surface area (Å²) in [5.74, 6) is 0.411. The molecule has 0 bridgehead atoms. The first-order valence-electron chi connectivity index (χ1n) is 10.1. The molecule has 162 valence electrons. The van der Waals surface area contributed by atoms with Crippen LogP contribution in [0.3, 0.4) is 0 Å². The normalized spacial score (nSPS) is 15.6. The number of carbonyl (C=O) groups is 1. The molecule has 0 saturated heterocycles. The van der Waals surface area contributed by atoms with Crippen molar-refractivity contribution in [1.29, 1.82) is 0 Å². The second-order valence-electron chi connectivity index (χ2n) is 7.90. The molecule has 0 N–H and O–H groups in total. The van der Waals surface area contributed by atoms with E-state index >= 15 is 0 Å². The molecule has 1 unspecified atom stereocenters. The maximum atomic E-state index is 13.6. The van der Waals surface area contributed by atoms with Gasteiger partial charge < -0.3 is 9.15 Å². The molecule has 1 amide bonds. The number of aryl methyl sites for hydroxylation is 1. The van der Waals surface area contributed by atoms with Crippen LogP contribution in [0.5, 0.6) is 5.75 Å². The Morgan fingerprint density at radius 3 is 2.56 bits per heavy atom. The largest absolute Gasteiger partial charge is 0.491 e. The number of carbonyl (C=O) groups excluding carboxylic acids is 1. The second kappa shape index (κ2) is 7.86. The van der Waals surface area contributed by atoms with Gasteiger partial charge in [-0.15, -0.1) is 11.3 Å². The molecule has 0 aliphatic carbocycles. The predicted molar refractivity (Wildman–Crippen MR) is 128 cm³/mol. The average Bonchev–Trinajstić information content (AvgIpc) is 3.30. The Bertz CT molecular complexity index is 1410. The molecule has 3 heterocycles. The number of benzene rings is 2. The van der Waals surface area contributed by atoms with E-state index in [1.165, 1.54) is 11.3 Å². The summed E-state index contributed by atoms with van der Waals surface area (Å²) in [4.78, 5) is 33.2. The van der Waals surface area contributed by atoms with E-state index in [1.54, 1.807) is 23.1 Å². The summed E-state index contributed by atoms with van der Waals surface area (Å²) in [5.41, 5.74) is 2.07. The van der Waals surface area contributed by atoms with E-state index in [4.69, 9.17) is 9.15 Å². The van der Waals surface area contributed by atoms with Crippen molar-refractivity contribution >= 4 is 49.3 Å². The first-order chi connectivity index (χ1) is 15.3. The van der Waals surface area contributed by atoms with Crippen molar-refractivity contribution in [2.45, 2.75) is 32.9 Å². The fraction of sp³-hybridized carbons (Fsp3) is 0.208. The minimum Gasteiger partial charge on any atom is -0.491 e. The van der Waals surface area contributed by atoms with Crippen LogP contribution >= 0.6 is 27.3 Å². The van der Waals surface area contributed by atoms with Crippen molar-refractivity contribution in [2.24, 2.45) is 0 Å². The molecule has 5 rings (SSSR count). The molecule has 0 spiro atoms. The van der Waals surface area contributed by atoms with Crippen LogP contribution in [0.1, 0.15) is 47.3 Å².